The van der Waals surface area contributed by atoms with Gasteiger partial charge in [-0.3, -0.25) is 9.48 Å². The summed E-state index contributed by atoms with van der Waals surface area (Å²) in [6, 6.07) is 1.68. The van der Waals surface area contributed by atoms with E-state index in [0.717, 1.165) is 13.0 Å². The summed E-state index contributed by atoms with van der Waals surface area (Å²) >= 11 is 0. The molecule has 0 spiro atoms. The Balaban J connectivity index is 2.36. The first-order chi connectivity index (χ1) is 5.86. The minimum Gasteiger partial charge on any atom is -0.283 e. The Morgan fingerprint density at radius 2 is 2.42 bits per heavy atom. The van der Waals surface area contributed by atoms with E-state index in [2.05, 4.69) is 12.0 Å². The first kappa shape index (κ1) is 8.97. The third kappa shape index (κ3) is 2.49. The van der Waals surface area contributed by atoms with Crippen LogP contribution in [0.5, 0.6) is 0 Å². The number of aryl methyl sites for hydroxylation is 1. The summed E-state index contributed by atoms with van der Waals surface area (Å²) in [5, 5.41) is 3.99. The highest BCUT2D eigenvalue weighted by molar-refractivity contribution is 5.71. The molecule has 0 fully saturated rings. The van der Waals surface area contributed by atoms with Gasteiger partial charge in [-0.05, 0) is 12.5 Å². The summed E-state index contributed by atoms with van der Waals surface area (Å²) in [6.45, 7) is 3.06. The number of hydrogen-bond acceptors (Lipinski definition) is 2. The Morgan fingerprint density at radius 3 is 3.00 bits per heavy atom. The maximum atomic E-state index is 10.1. The second-order valence-corrected chi connectivity index (χ2v) is 2.77. The number of rotatable bonds is 5. The number of nitrogens with zero attached hydrogens (tertiary/aromatic N) is 2. The fourth-order valence-electron chi connectivity index (χ4n) is 1.06. The minimum atomic E-state index is 0.395. The maximum absolute atomic E-state index is 10.1. The van der Waals surface area contributed by atoms with E-state index in [4.69, 9.17) is 0 Å². The molecular weight excluding hydrogens is 152 g/mol. The molecule has 1 radical (unpaired) electrons. The summed E-state index contributed by atoms with van der Waals surface area (Å²) in [4.78, 5) is 10.1. The molecule has 0 aliphatic rings. The summed E-state index contributed by atoms with van der Waals surface area (Å²) < 4.78 is 1.79. The van der Waals surface area contributed by atoms with Crippen molar-refractivity contribution in [2.75, 3.05) is 0 Å². The van der Waals surface area contributed by atoms with Gasteiger partial charge in [-0.15, -0.1) is 0 Å². The SMILES string of the molecule is CCCCCn1ccc([C]=O)n1. The lowest BCUT2D eigenvalue weighted by Crippen LogP contribution is -1.99. The van der Waals surface area contributed by atoms with E-state index in [1.165, 1.54) is 12.8 Å². The molecule has 0 unspecified atom stereocenters. The van der Waals surface area contributed by atoms with E-state index in [-0.39, 0.29) is 0 Å². The second-order valence-electron chi connectivity index (χ2n) is 2.77. The van der Waals surface area contributed by atoms with Crippen molar-refractivity contribution in [2.24, 2.45) is 0 Å². The average molecular weight is 165 g/mol. The van der Waals surface area contributed by atoms with Crippen molar-refractivity contribution in [2.45, 2.75) is 32.7 Å². The van der Waals surface area contributed by atoms with Gasteiger partial charge in [-0.1, -0.05) is 19.8 Å². The van der Waals surface area contributed by atoms with Crippen LogP contribution in [0.2, 0.25) is 0 Å². The molecule has 1 aromatic rings. The van der Waals surface area contributed by atoms with E-state index in [1.807, 2.05) is 6.20 Å². The Hall–Kier alpha value is -1.12. The van der Waals surface area contributed by atoms with E-state index in [1.54, 1.807) is 17.0 Å². The highest BCUT2D eigenvalue weighted by Gasteiger charge is 1.96. The highest BCUT2D eigenvalue weighted by atomic mass is 16.1. The number of unbranched alkanes of at least 4 members (excludes halogenated alkanes) is 2. The molecule has 0 bridgehead atoms. The smallest absolute Gasteiger partial charge is 0.255 e. The second kappa shape index (κ2) is 4.70. The maximum Gasteiger partial charge on any atom is 0.255 e. The molecule has 1 rings (SSSR count). The van der Waals surface area contributed by atoms with Crippen molar-refractivity contribution in [3.05, 3.63) is 18.0 Å². The van der Waals surface area contributed by atoms with Crippen LogP contribution in [0.3, 0.4) is 0 Å². The Bertz CT molecular complexity index is 242. The van der Waals surface area contributed by atoms with Gasteiger partial charge in [-0.25, -0.2) is 0 Å². The Morgan fingerprint density at radius 1 is 1.58 bits per heavy atom. The number of hydrogen-bond donors (Lipinski definition) is 0. The van der Waals surface area contributed by atoms with Gasteiger partial charge >= 0.3 is 0 Å². The Kier molecular flexibility index (Phi) is 3.51. The van der Waals surface area contributed by atoms with Crippen LogP contribution in [0.1, 0.15) is 31.9 Å². The first-order valence-electron chi connectivity index (χ1n) is 4.28. The molecule has 0 N–H and O–H groups in total. The standard InChI is InChI=1S/C9H13N2O/c1-2-3-4-6-11-7-5-9(8-12)10-11/h5,7H,2-4,6H2,1H3. The van der Waals surface area contributed by atoms with E-state index in [0.29, 0.717) is 5.69 Å². The fourth-order valence-corrected chi connectivity index (χ4v) is 1.06. The molecule has 65 valence electrons. The monoisotopic (exact) mass is 165 g/mol. The molecule has 0 atom stereocenters. The van der Waals surface area contributed by atoms with Gasteiger partial charge in [-0.2, -0.15) is 5.10 Å². The van der Waals surface area contributed by atoms with Gasteiger partial charge in [0.1, 0.15) is 5.69 Å². The van der Waals surface area contributed by atoms with Crippen molar-refractivity contribution < 1.29 is 4.79 Å². The average Bonchev–Trinajstić information content (AvgIpc) is 2.53. The van der Waals surface area contributed by atoms with Gasteiger partial charge in [0.15, 0.2) is 0 Å². The summed E-state index contributed by atoms with van der Waals surface area (Å²) in [5.41, 5.74) is 0.395. The van der Waals surface area contributed by atoms with Crippen LogP contribution in [0.25, 0.3) is 0 Å². The predicted octanol–water partition coefficient (Wildman–Crippen LogP) is 1.53. The molecule has 3 nitrogen and oxygen atoms in total. The zero-order chi connectivity index (χ0) is 8.81. The third-order valence-corrected chi connectivity index (χ3v) is 1.74. The first-order valence-corrected chi connectivity index (χ1v) is 4.28. The summed E-state index contributed by atoms with van der Waals surface area (Å²) in [5.74, 6) is 0. The third-order valence-electron chi connectivity index (χ3n) is 1.74. The van der Waals surface area contributed by atoms with Gasteiger partial charge < -0.3 is 0 Å². The van der Waals surface area contributed by atoms with Gasteiger partial charge in [0.05, 0.1) is 0 Å². The quantitative estimate of drug-likeness (QED) is 0.620. The van der Waals surface area contributed by atoms with Crippen LogP contribution >= 0.6 is 0 Å². The van der Waals surface area contributed by atoms with Gasteiger partial charge in [0, 0.05) is 12.7 Å². The van der Waals surface area contributed by atoms with Crippen molar-refractivity contribution in [3.63, 3.8) is 0 Å². The zero-order valence-electron chi connectivity index (χ0n) is 7.29. The van der Waals surface area contributed by atoms with Gasteiger partial charge in [0.25, 0.3) is 6.29 Å². The Labute approximate surface area is 72.4 Å². The van der Waals surface area contributed by atoms with Crippen LogP contribution < -0.4 is 0 Å². The number of aromatic nitrogens is 2. The molecule has 0 aliphatic heterocycles. The normalized spacial score (nSPS) is 10.1. The number of carbonyl (C=O) groups excluding carboxylic acids is 1. The largest absolute Gasteiger partial charge is 0.283 e. The minimum absolute atomic E-state index is 0.395. The molecule has 1 heterocycles. The van der Waals surface area contributed by atoms with Crippen molar-refractivity contribution in [1.82, 2.24) is 9.78 Å². The predicted molar refractivity (Wildman–Crippen MR) is 46.5 cm³/mol. The van der Waals surface area contributed by atoms with Crippen molar-refractivity contribution >= 4 is 6.29 Å². The van der Waals surface area contributed by atoms with Crippen molar-refractivity contribution in [1.29, 1.82) is 0 Å². The molecule has 0 aromatic carbocycles. The summed E-state index contributed by atoms with van der Waals surface area (Å²) in [7, 11) is 0. The van der Waals surface area contributed by atoms with E-state index >= 15 is 0 Å². The molecular formula is C9H13N2O. The van der Waals surface area contributed by atoms with Crippen LogP contribution in [0.4, 0.5) is 0 Å². The zero-order valence-corrected chi connectivity index (χ0v) is 7.29. The van der Waals surface area contributed by atoms with Crippen LogP contribution in [0, 0.1) is 0 Å². The summed E-state index contributed by atoms with van der Waals surface area (Å²) in [6.07, 6.45) is 7.10. The molecule has 0 saturated heterocycles. The lowest BCUT2D eigenvalue weighted by Gasteiger charge is -1.98. The van der Waals surface area contributed by atoms with Gasteiger partial charge in [0.2, 0.25) is 0 Å². The molecule has 0 amide bonds. The van der Waals surface area contributed by atoms with Crippen molar-refractivity contribution in [3.8, 4) is 0 Å². The molecule has 1 aromatic heterocycles. The van der Waals surface area contributed by atoms with E-state index < -0.39 is 0 Å². The molecule has 12 heavy (non-hydrogen) atoms. The fraction of sp³-hybridized carbons (Fsp3) is 0.556. The van der Waals surface area contributed by atoms with Crippen LogP contribution in [0.15, 0.2) is 12.3 Å². The molecule has 0 saturated carbocycles. The molecule has 0 aliphatic carbocycles. The molecule has 3 heteroatoms. The van der Waals surface area contributed by atoms with Crippen LogP contribution in [-0.4, -0.2) is 16.1 Å². The highest BCUT2D eigenvalue weighted by Crippen LogP contribution is 1.98. The topological polar surface area (TPSA) is 34.9 Å². The van der Waals surface area contributed by atoms with E-state index in [9.17, 15) is 4.79 Å². The van der Waals surface area contributed by atoms with Crippen LogP contribution in [-0.2, 0) is 11.3 Å². The lowest BCUT2D eigenvalue weighted by atomic mass is 10.2. The lowest BCUT2D eigenvalue weighted by molar-refractivity contribution is 0.543.